The van der Waals surface area contributed by atoms with Crippen molar-refractivity contribution in [3.05, 3.63) is 27.9 Å². The van der Waals surface area contributed by atoms with E-state index < -0.39 is 0 Å². The Morgan fingerprint density at radius 1 is 1.19 bits per heavy atom. The van der Waals surface area contributed by atoms with Crippen molar-refractivity contribution in [1.29, 1.82) is 0 Å². The summed E-state index contributed by atoms with van der Waals surface area (Å²) in [5.41, 5.74) is 0.984. The first-order valence-corrected chi connectivity index (χ1v) is 8.21. The highest BCUT2D eigenvalue weighted by Crippen LogP contribution is 2.30. The van der Waals surface area contributed by atoms with Gasteiger partial charge >= 0.3 is 0 Å². The predicted molar refractivity (Wildman–Crippen MR) is 83.5 cm³/mol. The first kappa shape index (κ1) is 14.7. The minimum Gasteiger partial charge on any atom is -0.309 e. The average Bonchev–Trinajstić information content (AvgIpc) is 2.51. The molecule has 21 heavy (non-hydrogen) atoms. The highest BCUT2D eigenvalue weighted by molar-refractivity contribution is 5.13. The van der Waals surface area contributed by atoms with Gasteiger partial charge in [0.25, 0.3) is 5.56 Å². The van der Waals surface area contributed by atoms with E-state index in [9.17, 15) is 4.79 Å². The molecule has 1 N–H and O–H groups in total. The number of piperazine rings is 1. The summed E-state index contributed by atoms with van der Waals surface area (Å²) in [7, 11) is 2.15. The van der Waals surface area contributed by atoms with Gasteiger partial charge in [0.05, 0.1) is 6.54 Å². The molecule has 2 fully saturated rings. The first-order chi connectivity index (χ1) is 10.2. The summed E-state index contributed by atoms with van der Waals surface area (Å²) < 4.78 is 0. The molecular formula is C16H26N4O. The molecule has 0 radical (unpaired) electrons. The van der Waals surface area contributed by atoms with Crippen LogP contribution in [0.4, 0.5) is 0 Å². The van der Waals surface area contributed by atoms with E-state index in [0.29, 0.717) is 5.92 Å². The monoisotopic (exact) mass is 290 g/mol. The molecule has 5 heteroatoms. The van der Waals surface area contributed by atoms with Crippen LogP contribution >= 0.6 is 0 Å². The first-order valence-electron chi connectivity index (χ1n) is 8.21. The number of nitrogens with zero attached hydrogens (tertiary/aromatic N) is 3. The van der Waals surface area contributed by atoms with Crippen LogP contribution in [-0.2, 0) is 6.54 Å². The van der Waals surface area contributed by atoms with Crippen molar-refractivity contribution >= 4 is 0 Å². The Labute approximate surface area is 126 Å². The smallest absolute Gasteiger partial charge is 0.254 e. The summed E-state index contributed by atoms with van der Waals surface area (Å²) in [6.45, 7) is 5.03. The molecule has 0 spiro atoms. The van der Waals surface area contributed by atoms with Gasteiger partial charge in [-0.05, 0) is 25.8 Å². The standard InChI is InChI=1S/C16H26N4O/c1-19-7-9-20(10-8-19)12-15-17-11-14(16(21)18-15)13-5-3-2-4-6-13/h11,13H,2-10,12H2,1H3,(H,17,18,21). The minimum atomic E-state index is 0.0843. The van der Waals surface area contributed by atoms with Crippen LogP contribution in [0.2, 0.25) is 0 Å². The molecule has 5 nitrogen and oxygen atoms in total. The van der Waals surface area contributed by atoms with Gasteiger partial charge in [-0.3, -0.25) is 9.69 Å². The number of hydrogen-bond acceptors (Lipinski definition) is 4. The molecule has 1 aromatic rings. The van der Waals surface area contributed by atoms with Crippen LogP contribution in [0.15, 0.2) is 11.0 Å². The highest BCUT2D eigenvalue weighted by Gasteiger charge is 2.20. The molecule has 1 saturated heterocycles. The van der Waals surface area contributed by atoms with Crippen molar-refractivity contribution in [1.82, 2.24) is 19.8 Å². The third kappa shape index (κ3) is 3.71. The Morgan fingerprint density at radius 2 is 1.90 bits per heavy atom. The Morgan fingerprint density at radius 3 is 2.57 bits per heavy atom. The lowest BCUT2D eigenvalue weighted by Crippen LogP contribution is -2.44. The number of likely N-dealkylation sites (N-methyl/N-ethyl adjacent to an activating group) is 1. The second kappa shape index (κ2) is 6.71. The van der Waals surface area contributed by atoms with Crippen molar-refractivity contribution in [2.45, 2.75) is 44.6 Å². The molecule has 116 valence electrons. The van der Waals surface area contributed by atoms with Gasteiger partial charge in [-0.25, -0.2) is 4.98 Å². The van der Waals surface area contributed by atoms with Gasteiger partial charge in [-0.2, -0.15) is 0 Å². The molecule has 2 heterocycles. The minimum absolute atomic E-state index is 0.0843. The van der Waals surface area contributed by atoms with Gasteiger partial charge in [0.2, 0.25) is 0 Å². The zero-order valence-electron chi connectivity index (χ0n) is 13.0. The SMILES string of the molecule is CN1CCN(Cc2ncc(C3CCCCC3)c(=O)[nH]2)CC1. The van der Waals surface area contributed by atoms with Crippen LogP contribution < -0.4 is 5.56 Å². The largest absolute Gasteiger partial charge is 0.309 e. The van der Waals surface area contributed by atoms with Crippen LogP contribution in [0.5, 0.6) is 0 Å². The van der Waals surface area contributed by atoms with E-state index in [2.05, 4.69) is 26.8 Å². The van der Waals surface area contributed by atoms with Crippen LogP contribution in [0.25, 0.3) is 0 Å². The Hall–Kier alpha value is -1.20. The van der Waals surface area contributed by atoms with Gasteiger partial charge < -0.3 is 9.88 Å². The van der Waals surface area contributed by atoms with Gasteiger partial charge in [0.15, 0.2) is 0 Å². The summed E-state index contributed by atoms with van der Waals surface area (Å²) in [6, 6.07) is 0. The molecule has 3 rings (SSSR count). The van der Waals surface area contributed by atoms with Crippen molar-refractivity contribution < 1.29 is 0 Å². The molecule has 1 saturated carbocycles. The molecule has 1 aliphatic carbocycles. The Kier molecular flexibility index (Phi) is 4.70. The summed E-state index contributed by atoms with van der Waals surface area (Å²) >= 11 is 0. The second-order valence-corrected chi connectivity index (χ2v) is 6.53. The fourth-order valence-corrected chi connectivity index (χ4v) is 3.44. The fourth-order valence-electron chi connectivity index (χ4n) is 3.44. The van der Waals surface area contributed by atoms with Gasteiger partial charge in [0.1, 0.15) is 5.82 Å². The van der Waals surface area contributed by atoms with E-state index >= 15 is 0 Å². The third-order valence-corrected chi connectivity index (χ3v) is 4.89. The normalized spacial score (nSPS) is 22.5. The number of aromatic amines is 1. The summed E-state index contributed by atoms with van der Waals surface area (Å²) in [4.78, 5) is 24.5. The van der Waals surface area contributed by atoms with E-state index in [0.717, 1.165) is 57.0 Å². The van der Waals surface area contributed by atoms with Crippen molar-refractivity contribution in [2.75, 3.05) is 33.2 Å². The predicted octanol–water partition coefficient (Wildman–Crippen LogP) is 1.56. The van der Waals surface area contributed by atoms with Crippen molar-refractivity contribution in [3.63, 3.8) is 0 Å². The number of H-pyrrole nitrogens is 1. The van der Waals surface area contributed by atoms with Gasteiger partial charge in [0, 0.05) is 37.9 Å². The van der Waals surface area contributed by atoms with Crippen molar-refractivity contribution in [2.24, 2.45) is 0 Å². The van der Waals surface area contributed by atoms with E-state index in [1.54, 1.807) is 0 Å². The molecule has 0 amide bonds. The quantitative estimate of drug-likeness (QED) is 0.918. The van der Waals surface area contributed by atoms with E-state index in [4.69, 9.17) is 0 Å². The van der Waals surface area contributed by atoms with Crippen molar-refractivity contribution in [3.8, 4) is 0 Å². The Bertz CT molecular complexity index is 513. The van der Waals surface area contributed by atoms with E-state index in [1.165, 1.54) is 19.3 Å². The van der Waals surface area contributed by atoms with Crippen LogP contribution in [0, 0.1) is 0 Å². The van der Waals surface area contributed by atoms with Crippen LogP contribution in [0.3, 0.4) is 0 Å². The lowest BCUT2D eigenvalue weighted by molar-refractivity contribution is 0.145. The van der Waals surface area contributed by atoms with E-state index in [-0.39, 0.29) is 5.56 Å². The number of rotatable bonds is 3. The molecule has 0 unspecified atom stereocenters. The maximum Gasteiger partial charge on any atom is 0.254 e. The maximum atomic E-state index is 12.3. The molecule has 0 atom stereocenters. The summed E-state index contributed by atoms with van der Waals surface area (Å²) in [6.07, 6.45) is 7.91. The highest BCUT2D eigenvalue weighted by atomic mass is 16.1. The lowest BCUT2D eigenvalue weighted by atomic mass is 9.85. The Balaban J connectivity index is 1.65. The maximum absolute atomic E-state index is 12.3. The molecule has 2 aliphatic rings. The second-order valence-electron chi connectivity index (χ2n) is 6.53. The molecule has 1 aliphatic heterocycles. The zero-order chi connectivity index (χ0) is 14.7. The molecule has 0 aromatic carbocycles. The summed E-state index contributed by atoms with van der Waals surface area (Å²) in [5.74, 6) is 1.23. The number of aromatic nitrogens is 2. The van der Waals surface area contributed by atoms with Crippen LogP contribution in [0.1, 0.15) is 49.4 Å². The van der Waals surface area contributed by atoms with Crippen LogP contribution in [-0.4, -0.2) is 53.0 Å². The molecule has 1 aromatic heterocycles. The fraction of sp³-hybridized carbons (Fsp3) is 0.750. The number of nitrogens with one attached hydrogen (secondary N) is 1. The third-order valence-electron chi connectivity index (χ3n) is 4.89. The topological polar surface area (TPSA) is 52.2 Å². The summed E-state index contributed by atoms with van der Waals surface area (Å²) in [5, 5.41) is 0. The van der Waals surface area contributed by atoms with E-state index in [1.807, 2.05) is 6.20 Å². The zero-order valence-corrected chi connectivity index (χ0v) is 13.0. The molecule has 0 bridgehead atoms. The van der Waals surface area contributed by atoms with Gasteiger partial charge in [-0.1, -0.05) is 19.3 Å². The molecular weight excluding hydrogens is 264 g/mol. The average molecular weight is 290 g/mol. The van der Waals surface area contributed by atoms with Gasteiger partial charge in [-0.15, -0.1) is 0 Å². The number of hydrogen-bond donors (Lipinski definition) is 1. The lowest BCUT2D eigenvalue weighted by Gasteiger charge is -2.31.